The summed E-state index contributed by atoms with van der Waals surface area (Å²) in [5, 5.41) is 2.47. The van der Waals surface area contributed by atoms with E-state index >= 15 is 0 Å². The predicted molar refractivity (Wildman–Crippen MR) is 57.5 cm³/mol. The number of rotatable bonds is 1. The molecule has 0 unspecified atom stereocenters. The van der Waals surface area contributed by atoms with Crippen LogP contribution in [-0.2, 0) is 14.4 Å². The molecule has 1 N–H and O–H groups in total. The van der Waals surface area contributed by atoms with E-state index in [2.05, 4.69) is 5.32 Å². The molecule has 6 nitrogen and oxygen atoms in total. The zero-order chi connectivity index (χ0) is 12.1. The van der Waals surface area contributed by atoms with Crippen molar-refractivity contribution in [2.75, 3.05) is 32.7 Å². The molecule has 0 radical (unpaired) electrons. The van der Waals surface area contributed by atoms with Crippen LogP contribution in [0.5, 0.6) is 0 Å². The van der Waals surface area contributed by atoms with Crippen molar-refractivity contribution in [1.29, 1.82) is 0 Å². The molecule has 1 aliphatic rings. The zero-order valence-electron chi connectivity index (χ0n) is 9.65. The number of carbonyl (C=O) groups excluding carboxylic acids is 3. The number of piperazine rings is 1. The molecule has 0 bridgehead atoms. The SMILES string of the molecule is CCNC(=O)C(=O)N1CCN(C(C)=O)CC1. The topological polar surface area (TPSA) is 69.7 Å². The molecule has 3 amide bonds. The maximum atomic E-state index is 11.6. The molecule has 0 aromatic heterocycles. The summed E-state index contributed by atoms with van der Waals surface area (Å²) in [5.74, 6) is -1.08. The third kappa shape index (κ3) is 2.95. The first-order valence-electron chi connectivity index (χ1n) is 5.39. The summed E-state index contributed by atoms with van der Waals surface area (Å²) in [7, 11) is 0. The van der Waals surface area contributed by atoms with Gasteiger partial charge < -0.3 is 15.1 Å². The molecule has 0 atom stereocenters. The minimum Gasteiger partial charge on any atom is -0.348 e. The molecule has 1 saturated heterocycles. The normalized spacial score (nSPS) is 15.9. The molecule has 6 heteroatoms. The molecule has 0 aromatic rings. The fourth-order valence-corrected chi connectivity index (χ4v) is 1.60. The van der Waals surface area contributed by atoms with Crippen molar-refractivity contribution in [3.05, 3.63) is 0 Å². The van der Waals surface area contributed by atoms with Gasteiger partial charge in [0.2, 0.25) is 5.91 Å². The van der Waals surface area contributed by atoms with Gasteiger partial charge in [-0.25, -0.2) is 0 Å². The van der Waals surface area contributed by atoms with Gasteiger partial charge in [0.05, 0.1) is 0 Å². The molecule has 1 rings (SSSR count). The minimum atomic E-state index is -0.571. The second-order valence-corrected chi connectivity index (χ2v) is 3.66. The number of likely N-dealkylation sites (N-methyl/N-ethyl adjacent to an activating group) is 1. The van der Waals surface area contributed by atoms with Gasteiger partial charge >= 0.3 is 11.8 Å². The highest BCUT2D eigenvalue weighted by molar-refractivity contribution is 6.35. The first-order valence-corrected chi connectivity index (χ1v) is 5.39. The molecule has 16 heavy (non-hydrogen) atoms. The largest absolute Gasteiger partial charge is 0.348 e. The predicted octanol–water partition coefficient (Wildman–Crippen LogP) is -1.19. The van der Waals surface area contributed by atoms with Crippen molar-refractivity contribution >= 4 is 17.7 Å². The summed E-state index contributed by atoms with van der Waals surface area (Å²) in [6, 6.07) is 0. The molecule has 1 fully saturated rings. The monoisotopic (exact) mass is 227 g/mol. The number of nitrogens with one attached hydrogen (secondary N) is 1. The lowest BCUT2D eigenvalue weighted by Gasteiger charge is -2.33. The third-order valence-electron chi connectivity index (χ3n) is 2.54. The highest BCUT2D eigenvalue weighted by Gasteiger charge is 2.26. The second-order valence-electron chi connectivity index (χ2n) is 3.66. The van der Waals surface area contributed by atoms with E-state index in [0.717, 1.165) is 0 Å². The van der Waals surface area contributed by atoms with Crippen molar-refractivity contribution in [1.82, 2.24) is 15.1 Å². The highest BCUT2D eigenvalue weighted by Crippen LogP contribution is 2.02. The van der Waals surface area contributed by atoms with Crippen LogP contribution < -0.4 is 5.32 Å². The van der Waals surface area contributed by atoms with Gasteiger partial charge in [0, 0.05) is 39.6 Å². The zero-order valence-corrected chi connectivity index (χ0v) is 9.65. The lowest BCUT2D eigenvalue weighted by Crippen LogP contribution is -2.53. The first-order chi connectivity index (χ1) is 7.56. The lowest BCUT2D eigenvalue weighted by molar-refractivity contribution is -0.148. The Morgan fingerprint density at radius 1 is 1.06 bits per heavy atom. The number of hydrogen-bond donors (Lipinski definition) is 1. The number of carbonyl (C=O) groups is 3. The smallest absolute Gasteiger partial charge is 0.312 e. The Morgan fingerprint density at radius 3 is 2.00 bits per heavy atom. The van der Waals surface area contributed by atoms with Gasteiger partial charge in [0.1, 0.15) is 0 Å². The molecular weight excluding hydrogens is 210 g/mol. The summed E-state index contributed by atoms with van der Waals surface area (Å²) in [6.45, 7) is 5.56. The first kappa shape index (κ1) is 12.5. The van der Waals surface area contributed by atoms with Gasteiger partial charge in [-0.2, -0.15) is 0 Å². The molecule has 90 valence electrons. The summed E-state index contributed by atoms with van der Waals surface area (Å²) in [4.78, 5) is 37.0. The molecule has 1 aliphatic heterocycles. The Hall–Kier alpha value is -1.59. The van der Waals surface area contributed by atoms with Crippen molar-refractivity contribution < 1.29 is 14.4 Å². The molecule has 1 heterocycles. The van der Waals surface area contributed by atoms with E-state index in [1.54, 1.807) is 11.8 Å². The van der Waals surface area contributed by atoms with Crippen LogP contribution in [0, 0.1) is 0 Å². The van der Waals surface area contributed by atoms with Gasteiger partial charge in [0.15, 0.2) is 0 Å². The van der Waals surface area contributed by atoms with Gasteiger partial charge in [-0.15, -0.1) is 0 Å². The summed E-state index contributed by atoms with van der Waals surface area (Å²) < 4.78 is 0. The Bertz CT molecular complexity index is 296. The van der Waals surface area contributed by atoms with Crippen LogP contribution in [0.2, 0.25) is 0 Å². The van der Waals surface area contributed by atoms with Gasteiger partial charge in [-0.05, 0) is 6.92 Å². The van der Waals surface area contributed by atoms with Crippen molar-refractivity contribution in [2.24, 2.45) is 0 Å². The van der Waals surface area contributed by atoms with Gasteiger partial charge in [0.25, 0.3) is 0 Å². The van der Waals surface area contributed by atoms with E-state index in [1.807, 2.05) is 0 Å². The van der Waals surface area contributed by atoms with E-state index < -0.39 is 11.8 Å². The minimum absolute atomic E-state index is 0.00473. The van der Waals surface area contributed by atoms with E-state index in [4.69, 9.17) is 0 Å². The van der Waals surface area contributed by atoms with Gasteiger partial charge in [-0.3, -0.25) is 14.4 Å². The van der Waals surface area contributed by atoms with Crippen LogP contribution >= 0.6 is 0 Å². The van der Waals surface area contributed by atoms with Crippen LogP contribution in [0.4, 0.5) is 0 Å². The van der Waals surface area contributed by atoms with Crippen LogP contribution in [-0.4, -0.2) is 60.2 Å². The summed E-state index contributed by atoms with van der Waals surface area (Å²) in [6.07, 6.45) is 0. The van der Waals surface area contributed by atoms with Crippen molar-refractivity contribution in [3.8, 4) is 0 Å². The molecule has 0 aromatic carbocycles. The van der Waals surface area contributed by atoms with Crippen LogP contribution in [0.1, 0.15) is 13.8 Å². The summed E-state index contributed by atoms with van der Waals surface area (Å²) in [5.41, 5.74) is 0. The quantitative estimate of drug-likeness (QED) is 0.573. The van der Waals surface area contributed by atoms with E-state index in [1.165, 1.54) is 11.8 Å². The Kier molecular flexibility index (Phi) is 4.28. The van der Waals surface area contributed by atoms with Crippen LogP contribution in [0.15, 0.2) is 0 Å². The highest BCUT2D eigenvalue weighted by atomic mass is 16.2. The molecule has 0 spiro atoms. The van der Waals surface area contributed by atoms with Crippen molar-refractivity contribution in [3.63, 3.8) is 0 Å². The second kappa shape index (κ2) is 5.48. The Morgan fingerprint density at radius 2 is 1.56 bits per heavy atom. The Balaban J connectivity index is 2.44. The van der Waals surface area contributed by atoms with E-state index in [-0.39, 0.29) is 5.91 Å². The Labute approximate surface area is 94.6 Å². The lowest BCUT2D eigenvalue weighted by atomic mass is 10.3. The molecule has 0 aliphatic carbocycles. The summed E-state index contributed by atoms with van der Waals surface area (Å²) >= 11 is 0. The average Bonchev–Trinajstić information content (AvgIpc) is 2.28. The van der Waals surface area contributed by atoms with Gasteiger partial charge in [-0.1, -0.05) is 0 Å². The average molecular weight is 227 g/mol. The van der Waals surface area contributed by atoms with Crippen LogP contribution in [0.3, 0.4) is 0 Å². The number of amides is 3. The van der Waals surface area contributed by atoms with E-state index in [9.17, 15) is 14.4 Å². The number of nitrogens with zero attached hydrogens (tertiary/aromatic N) is 2. The molecular formula is C10H17N3O3. The fraction of sp³-hybridized carbons (Fsp3) is 0.700. The fourth-order valence-electron chi connectivity index (χ4n) is 1.60. The molecule has 0 saturated carbocycles. The standard InChI is InChI=1S/C10H17N3O3/c1-3-11-9(15)10(16)13-6-4-12(5-7-13)8(2)14/h3-7H2,1-2H3,(H,11,15). The van der Waals surface area contributed by atoms with Crippen LogP contribution in [0.25, 0.3) is 0 Å². The maximum Gasteiger partial charge on any atom is 0.312 e. The number of hydrogen-bond acceptors (Lipinski definition) is 3. The maximum absolute atomic E-state index is 11.6. The van der Waals surface area contributed by atoms with E-state index in [0.29, 0.717) is 32.7 Å². The van der Waals surface area contributed by atoms with Crippen molar-refractivity contribution in [2.45, 2.75) is 13.8 Å². The third-order valence-corrected chi connectivity index (χ3v) is 2.54.